The van der Waals surface area contributed by atoms with Gasteiger partial charge in [0.25, 0.3) is 5.91 Å². The summed E-state index contributed by atoms with van der Waals surface area (Å²) in [6.07, 6.45) is 3.72. The number of hydrogen-bond donors (Lipinski definition) is 2. The van der Waals surface area contributed by atoms with Crippen LogP contribution in [0.1, 0.15) is 29.8 Å². The summed E-state index contributed by atoms with van der Waals surface area (Å²) in [6.45, 7) is 4.11. The molecule has 0 bridgehead atoms. The van der Waals surface area contributed by atoms with E-state index in [1.54, 1.807) is 18.0 Å². The van der Waals surface area contributed by atoms with Crippen molar-refractivity contribution in [3.63, 3.8) is 0 Å². The molecule has 0 spiro atoms. The molecule has 0 aliphatic rings. The van der Waals surface area contributed by atoms with Crippen LogP contribution in [0.3, 0.4) is 0 Å². The zero-order valence-corrected chi connectivity index (χ0v) is 13.9. The molecule has 0 aliphatic carbocycles. The smallest absolute Gasteiger partial charge is 0.255 e. The van der Waals surface area contributed by atoms with Crippen LogP contribution in [0, 0.1) is 0 Å². The zero-order chi connectivity index (χ0) is 15.9. The SMILES string of the molecule is CSCc1ccc(C(=O)Nc2ccc(NC(C)C)nc2)cc1. The molecule has 4 nitrogen and oxygen atoms in total. The number of nitrogens with one attached hydrogen (secondary N) is 2. The van der Waals surface area contributed by atoms with Gasteiger partial charge in [0.05, 0.1) is 11.9 Å². The minimum atomic E-state index is -0.123. The largest absolute Gasteiger partial charge is 0.368 e. The molecule has 1 amide bonds. The Morgan fingerprint density at radius 2 is 1.91 bits per heavy atom. The molecule has 0 aliphatic heterocycles. The van der Waals surface area contributed by atoms with Crippen molar-refractivity contribution in [1.29, 1.82) is 0 Å². The first-order chi connectivity index (χ1) is 10.6. The molecule has 5 heteroatoms. The molecule has 0 unspecified atom stereocenters. The lowest BCUT2D eigenvalue weighted by Crippen LogP contribution is -2.13. The fraction of sp³-hybridized carbons (Fsp3) is 0.294. The molecule has 116 valence electrons. The Kier molecular flexibility index (Phi) is 5.83. The van der Waals surface area contributed by atoms with E-state index in [0.717, 1.165) is 11.6 Å². The number of anilines is 2. The van der Waals surface area contributed by atoms with Gasteiger partial charge in [-0.15, -0.1) is 0 Å². The molecule has 2 rings (SSSR count). The summed E-state index contributed by atoms with van der Waals surface area (Å²) in [6, 6.07) is 11.7. The molecule has 0 radical (unpaired) electrons. The highest BCUT2D eigenvalue weighted by Crippen LogP contribution is 2.14. The summed E-state index contributed by atoms with van der Waals surface area (Å²) in [5.41, 5.74) is 2.55. The van der Waals surface area contributed by atoms with Crippen LogP contribution in [0.2, 0.25) is 0 Å². The number of rotatable bonds is 6. The molecular formula is C17H21N3OS. The van der Waals surface area contributed by atoms with Crippen molar-refractivity contribution < 1.29 is 4.79 Å². The molecule has 22 heavy (non-hydrogen) atoms. The van der Waals surface area contributed by atoms with Crippen molar-refractivity contribution in [2.45, 2.75) is 25.6 Å². The Balaban J connectivity index is 1.99. The number of nitrogens with zero attached hydrogens (tertiary/aromatic N) is 1. The summed E-state index contributed by atoms with van der Waals surface area (Å²) in [5, 5.41) is 6.07. The fourth-order valence-corrected chi connectivity index (χ4v) is 2.50. The van der Waals surface area contributed by atoms with Gasteiger partial charge >= 0.3 is 0 Å². The first kappa shape index (κ1) is 16.4. The van der Waals surface area contributed by atoms with Crippen LogP contribution in [0.15, 0.2) is 42.6 Å². The van der Waals surface area contributed by atoms with E-state index < -0.39 is 0 Å². The maximum atomic E-state index is 12.2. The quantitative estimate of drug-likeness (QED) is 0.845. The summed E-state index contributed by atoms with van der Waals surface area (Å²) >= 11 is 1.76. The molecule has 0 saturated carbocycles. The highest BCUT2D eigenvalue weighted by Gasteiger charge is 2.06. The number of aromatic nitrogens is 1. The standard InChI is InChI=1S/C17H21N3OS/c1-12(2)19-16-9-8-15(10-18-16)20-17(21)14-6-4-13(5-7-14)11-22-3/h4-10,12H,11H2,1-3H3,(H,18,19)(H,20,21). The predicted octanol–water partition coefficient (Wildman–Crippen LogP) is 4.02. The fourth-order valence-electron chi connectivity index (χ4n) is 1.97. The van der Waals surface area contributed by atoms with Gasteiger partial charge < -0.3 is 10.6 Å². The van der Waals surface area contributed by atoms with Crippen LogP contribution in [0.5, 0.6) is 0 Å². The Labute approximate surface area is 135 Å². The molecular weight excluding hydrogens is 294 g/mol. The first-order valence-electron chi connectivity index (χ1n) is 7.20. The van der Waals surface area contributed by atoms with Crippen LogP contribution < -0.4 is 10.6 Å². The predicted molar refractivity (Wildman–Crippen MR) is 94.6 cm³/mol. The van der Waals surface area contributed by atoms with E-state index in [1.165, 1.54) is 5.56 Å². The van der Waals surface area contributed by atoms with E-state index in [0.29, 0.717) is 17.3 Å². The molecule has 2 aromatic rings. The van der Waals surface area contributed by atoms with Gasteiger partial charge in [-0.05, 0) is 49.9 Å². The van der Waals surface area contributed by atoms with Gasteiger partial charge in [0.15, 0.2) is 0 Å². The monoisotopic (exact) mass is 315 g/mol. The third-order valence-electron chi connectivity index (χ3n) is 2.99. The molecule has 1 heterocycles. The van der Waals surface area contributed by atoms with Gasteiger partial charge in [0.2, 0.25) is 0 Å². The Morgan fingerprint density at radius 1 is 1.18 bits per heavy atom. The van der Waals surface area contributed by atoms with Crippen molar-refractivity contribution in [2.24, 2.45) is 0 Å². The molecule has 0 saturated heterocycles. The average Bonchev–Trinajstić information content (AvgIpc) is 2.50. The van der Waals surface area contributed by atoms with E-state index in [4.69, 9.17) is 0 Å². The number of hydrogen-bond acceptors (Lipinski definition) is 4. The van der Waals surface area contributed by atoms with Crippen molar-refractivity contribution in [2.75, 3.05) is 16.9 Å². The van der Waals surface area contributed by atoms with E-state index in [-0.39, 0.29) is 5.91 Å². The Hall–Kier alpha value is -2.01. The molecule has 0 atom stereocenters. The number of carbonyl (C=O) groups is 1. The lowest BCUT2D eigenvalue weighted by Gasteiger charge is -2.10. The minimum absolute atomic E-state index is 0.123. The van der Waals surface area contributed by atoms with E-state index >= 15 is 0 Å². The van der Waals surface area contributed by atoms with E-state index in [2.05, 4.69) is 35.7 Å². The topological polar surface area (TPSA) is 54.0 Å². The molecule has 2 N–H and O–H groups in total. The number of pyridine rings is 1. The summed E-state index contributed by atoms with van der Waals surface area (Å²) in [5.74, 6) is 1.63. The first-order valence-corrected chi connectivity index (χ1v) is 8.59. The third kappa shape index (κ3) is 4.77. The van der Waals surface area contributed by atoms with Crippen molar-refractivity contribution in [3.05, 3.63) is 53.7 Å². The van der Waals surface area contributed by atoms with Gasteiger partial charge in [-0.25, -0.2) is 4.98 Å². The van der Waals surface area contributed by atoms with Crippen LogP contribution >= 0.6 is 11.8 Å². The minimum Gasteiger partial charge on any atom is -0.368 e. The van der Waals surface area contributed by atoms with Crippen molar-refractivity contribution in [3.8, 4) is 0 Å². The van der Waals surface area contributed by atoms with E-state index in [1.807, 2.05) is 36.4 Å². The normalized spacial score (nSPS) is 10.5. The van der Waals surface area contributed by atoms with Crippen LogP contribution in [-0.4, -0.2) is 23.2 Å². The second-order valence-electron chi connectivity index (χ2n) is 5.32. The van der Waals surface area contributed by atoms with Gasteiger partial charge in [-0.3, -0.25) is 4.79 Å². The van der Waals surface area contributed by atoms with Gasteiger partial charge in [0, 0.05) is 17.4 Å². The van der Waals surface area contributed by atoms with Gasteiger partial charge in [-0.1, -0.05) is 12.1 Å². The van der Waals surface area contributed by atoms with Crippen LogP contribution in [0.25, 0.3) is 0 Å². The van der Waals surface area contributed by atoms with Gasteiger partial charge in [-0.2, -0.15) is 11.8 Å². The van der Waals surface area contributed by atoms with Gasteiger partial charge in [0.1, 0.15) is 5.82 Å². The maximum absolute atomic E-state index is 12.2. The average molecular weight is 315 g/mol. The summed E-state index contributed by atoms with van der Waals surface area (Å²) < 4.78 is 0. The Bertz CT molecular complexity index is 609. The molecule has 1 aromatic carbocycles. The van der Waals surface area contributed by atoms with Crippen molar-refractivity contribution >= 4 is 29.2 Å². The number of benzene rings is 1. The maximum Gasteiger partial charge on any atom is 0.255 e. The van der Waals surface area contributed by atoms with Crippen LogP contribution in [-0.2, 0) is 5.75 Å². The zero-order valence-electron chi connectivity index (χ0n) is 13.1. The van der Waals surface area contributed by atoms with Crippen LogP contribution in [0.4, 0.5) is 11.5 Å². The van der Waals surface area contributed by atoms with E-state index in [9.17, 15) is 4.79 Å². The Morgan fingerprint density at radius 3 is 2.45 bits per heavy atom. The number of thioether (sulfide) groups is 1. The summed E-state index contributed by atoms with van der Waals surface area (Å²) in [4.78, 5) is 16.5. The highest BCUT2D eigenvalue weighted by molar-refractivity contribution is 7.97. The second-order valence-corrected chi connectivity index (χ2v) is 6.18. The number of amides is 1. The number of carbonyl (C=O) groups excluding carboxylic acids is 1. The van der Waals surface area contributed by atoms with Crippen molar-refractivity contribution in [1.82, 2.24) is 4.98 Å². The summed E-state index contributed by atoms with van der Waals surface area (Å²) in [7, 11) is 0. The molecule has 1 aromatic heterocycles. The second kappa shape index (κ2) is 7.84. The lowest BCUT2D eigenvalue weighted by atomic mass is 10.1. The third-order valence-corrected chi connectivity index (χ3v) is 3.61. The highest BCUT2D eigenvalue weighted by atomic mass is 32.2. The molecule has 0 fully saturated rings. The lowest BCUT2D eigenvalue weighted by molar-refractivity contribution is 0.102.